The molecule has 3 heteroatoms. The van der Waals surface area contributed by atoms with E-state index in [1.165, 1.54) is 27.7 Å². The fourth-order valence-corrected chi connectivity index (χ4v) is 4.81. The highest BCUT2D eigenvalue weighted by Crippen LogP contribution is 2.25. The van der Waals surface area contributed by atoms with Crippen LogP contribution in [-0.2, 0) is 11.5 Å². The average Bonchev–Trinajstić information content (AvgIpc) is 2.28. The van der Waals surface area contributed by atoms with Gasteiger partial charge in [0.2, 0.25) is 0 Å². The van der Waals surface area contributed by atoms with Crippen LogP contribution in [0.25, 0.3) is 0 Å². The summed E-state index contributed by atoms with van der Waals surface area (Å²) in [6, 6.07) is 9.11. The van der Waals surface area contributed by atoms with Crippen molar-refractivity contribution in [2.24, 2.45) is 5.92 Å². The molecule has 0 N–H and O–H groups in total. The van der Waals surface area contributed by atoms with E-state index in [1.807, 2.05) is 11.8 Å². The Labute approximate surface area is 124 Å². The van der Waals surface area contributed by atoms with E-state index in [9.17, 15) is 0 Å². The van der Waals surface area contributed by atoms with Crippen molar-refractivity contribution in [1.82, 2.24) is 0 Å². The number of hydrogen-bond acceptors (Lipinski definition) is 2. The van der Waals surface area contributed by atoms with Crippen LogP contribution in [0.5, 0.6) is 0 Å². The van der Waals surface area contributed by atoms with Crippen molar-refractivity contribution < 1.29 is 0 Å². The third-order valence-electron chi connectivity index (χ3n) is 2.33. The maximum atomic E-state index is 2.38. The minimum atomic E-state index is 0.238. The molecule has 0 fully saturated rings. The van der Waals surface area contributed by atoms with Crippen LogP contribution in [0.4, 0.5) is 0 Å². The van der Waals surface area contributed by atoms with Crippen LogP contribution < -0.4 is 0 Å². The first-order valence-electron chi connectivity index (χ1n) is 6.46. The summed E-state index contributed by atoms with van der Waals surface area (Å²) in [4.78, 5) is 0. The molecule has 0 amide bonds. The number of rotatable bonds is 8. The van der Waals surface area contributed by atoms with Crippen LogP contribution in [0.1, 0.15) is 25.0 Å². The predicted octanol–water partition coefficient (Wildman–Crippen LogP) is 5.03. The lowest BCUT2D eigenvalue weighted by atomic mass is 10.2. The third kappa shape index (κ3) is 7.65. The maximum absolute atomic E-state index is 2.38. The second kappa shape index (κ2) is 9.22. The molecule has 0 bridgehead atoms. The van der Waals surface area contributed by atoms with Crippen molar-refractivity contribution in [3.8, 4) is 0 Å². The predicted molar refractivity (Wildman–Crippen MR) is 94.4 cm³/mol. The molecule has 1 aromatic rings. The molecule has 104 valence electrons. The van der Waals surface area contributed by atoms with Gasteiger partial charge in [0, 0.05) is 16.6 Å². The van der Waals surface area contributed by atoms with E-state index < -0.39 is 0 Å². The zero-order chi connectivity index (χ0) is 13.4. The number of hydrogen-bond donors (Lipinski definition) is 1. The standard InChI is InChI=1S/C15H26S3/c1-13(2)9-16-10-14-6-5-7-15(8-14)11-17-12-18(3)4/h5-8,13,18H,9-12H2,1-4H3. The maximum Gasteiger partial charge on any atom is 0.0210 e. The summed E-state index contributed by atoms with van der Waals surface area (Å²) in [5, 5.41) is 1.32. The van der Waals surface area contributed by atoms with Crippen molar-refractivity contribution in [3.63, 3.8) is 0 Å². The summed E-state index contributed by atoms with van der Waals surface area (Å²) in [7, 11) is 0.238. The molecular weight excluding hydrogens is 276 g/mol. The minimum absolute atomic E-state index is 0.238. The molecule has 0 heterocycles. The Morgan fingerprint density at radius 2 is 1.67 bits per heavy atom. The molecule has 0 aromatic heterocycles. The van der Waals surface area contributed by atoms with Crippen LogP contribution in [0.15, 0.2) is 24.3 Å². The van der Waals surface area contributed by atoms with Gasteiger partial charge in [0.1, 0.15) is 0 Å². The zero-order valence-corrected chi connectivity index (χ0v) is 14.5. The first-order valence-corrected chi connectivity index (χ1v) is 11.2. The average molecular weight is 303 g/mol. The molecule has 0 unspecified atom stereocenters. The number of thiol groups is 1. The smallest absolute Gasteiger partial charge is 0.0210 e. The van der Waals surface area contributed by atoms with E-state index in [1.54, 1.807) is 0 Å². The van der Waals surface area contributed by atoms with Gasteiger partial charge in [0.25, 0.3) is 0 Å². The van der Waals surface area contributed by atoms with Gasteiger partial charge in [0.15, 0.2) is 0 Å². The molecule has 0 aliphatic rings. The molecule has 0 nitrogen and oxygen atoms in total. The van der Waals surface area contributed by atoms with Crippen LogP contribution in [0.2, 0.25) is 0 Å². The van der Waals surface area contributed by atoms with Gasteiger partial charge in [-0.2, -0.15) is 11.8 Å². The van der Waals surface area contributed by atoms with Crippen LogP contribution in [0, 0.1) is 5.92 Å². The highest BCUT2D eigenvalue weighted by atomic mass is 32.2. The van der Waals surface area contributed by atoms with Crippen LogP contribution >= 0.6 is 34.4 Å². The van der Waals surface area contributed by atoms with Crippen molar-refractivity contribution in [3.05, 3.63) is 35.4 Å². The first-order chi connectivity index (χ1) is 8.58. The fraction of sp³-hybridized carbons (Fsp3) is 0.600. The lowest BCUT2D eigenvalue weighted by Gasteiger charge is -2.09. The Morgan fingerprint density at radius 1 is 1.06 bits per heavy atom. The summed E-state index contributed by atoms with van der Waals surface area (Å²) in [5.74, 6) is 4.38. The van der Waals surface area contributed by atoms with Crippen molar-refractivity contribution >= 4 is 34.4 Å². The van der Waals surface area contributed by atoms with E-state index in [0.717, 1.165) is 11.7 Å². The van der Waals surface area contributed by atoms with E-state index in [0.29, 0.717) is 0 Å². The quantitative estimate of drug-likeness (QED) is 0.669. The number of thioether (sulfide) groups is 2. The zero-order valence-electron chi connectivity index (χ0n) is 12.0. The molecular formula is C15H26S3. The molecule has 0 aliphatic heterocycles. The van der Waals surface area contributed by atoms with E-state index in [2.05, 4.69) is 62.4 Å². The summed E-state index contributed by atoms with van der Waals surface area (Å²) in [5.41, 5.74) is 2.97. The van der Waals surface area contributed by atoms with Gasteiger partial charge in [-0.1, -0.05) is 38.1 Å². The Hall–Kier alpha value is 0.270. The molecule has 1 aromatic carbocycles. The third-order valence-corrected chi connectivity index (χ3v) is 7.10. The second-order valence-electron chi connectivity index (χ2n) is 5.29. The number of benzene rings is 1. The highest BCUT2D eigenvalue weighted by molar-refractivity contribution is 8.25. The van der Waals surface area contributed by atoms with Crippen molar-refractivity contribution in [1.29, 1.82) is 0 Å². The molecule has 0 saturated heterocycles. The molecule has 0 spiro atoms. The molecule has 0 saturated carbocycles. The molecule has 1 rings (SSSR count). The summed E-state index contributed by atoms with van der Waals surface area (Å²) >= 11 is 4.12. The summed E-state index contributed by atoms with van der Waals surface area (Å²) in [6.07, 6.45) is 4.70. The monoisotopic (exact) mass is 302 g/mol. The van der Waals surface area contributed by atoms with E-state index in [4.69, 9.17) is 0 Å². The van der Waals surface area contributed by atoms with Crippen molar-refractivity contribution in [2.45, 2.75) is 25.4 Å². The van der Waals surface area contributed by atoms with E-state index in [-0.39, 0.29) is 10.9 Å². The first kappa shape index (κ1) is 16.3. The minimum Gasteiger partial charge on any atom is -0.250 e. The molecule has 18 heavy (non-hydrogen) atoms. The molecule has 0 aliphatic carbocycles. The van der Waals surface area contributed by atoms with Crippen LogP contribution in [-0.4, -0.2) is 23.3 Å². The Kier molecular flexibility index (Phi) is 8.36. The van der Waals surface area contributed by atoms with E-state index >= 15 is 0 Å². The Balaban J connectivity index is 2.36. The van der Waals surface area contributed by atoms with Gasteiger partial charge in [-0.05, 0) is 35.3 Å². The Morgan fingerprint density at radius 3 is 2.22 bits per heavy atom. The summed E-state index contributed by atoms with van der Waals surface area (Å²) in [6.45, 7) is 4.57. The molecule has 0 radical (unpaired) electrons. The summed E-state index contributed by atoms with van der Waals surface area (Å²) < 4.78 is 0. The van der Waals surface area contributed by atoms with Gasteiger partial charge in [-0.3, -0.25) is 10.9 Å². The largest absolute Gasteiger partial charge is 0.250 e. The SMILES string of the molecule is CC(C)CSCc1cccc(CSC[SH](C)C)c1. The van der Waals surface area contributed by atoms with Gasteiger partial charge < -0.3 is 0 Å². The second-order valence-corrected chi connectivity index (χ2v) is 10.2. The topological polar surface area (TPSA) is 0 Å². The van der Waals surface area contributed by atoms with Gasteiger partial charge >= 0.3 is 0 Å². The normalized spacial score (nSPS) is 11.9. The lowest BCUT2D eigenvalue weighted by Crippen LogP contribution is -1.92. The van der Waals surface area contributed by atoms with Gasteiger partial charge in [-0.15, -0.1) is 11.8 Å². The highest BCUT2D eigenvalue weighted by Gasteiger charge is 1.99. The Bertz CT molecular complexity index is 305. The van der Waals surface area contributed by atoms with Gasteiger partial charge in [-0.25, -0.2) is 0 Å². The van der Waals surface area contributed by atoms with Crippen LogP contribution in [0.3, 0.4) is 0 Å². The van der Waals surface area contributed by atoms with Crippen molar-refractivity contribution in [2.75, 3.05) is 23.3 Å². The fourth-order valence-electron chi connectivity index (χ4n) is 1.57. The molecule has 0 atom stereocenters. The lowest BCUT2D eigenvalue weighted by molar-refractivity contribution is 0.750. The van der Waals surface area contributed by atoms with Gasteiger partial charge in [0.05, 0.1) is 0 Å².